The monoisotopic (exact) mass is 298 g/mol. The van der Waals surface area contributed by atoms with Crippen molar-refractivity contribution in [3.63, 3.8) is 0 Å². The Morgan fingerprint density at radius 3 is 2.38 bits per heavy atom. The van der Waals surface area contributed by atoms with Crippen LogP contribution in [0.1, 0.15) is 18.1 Å². The molecule has 0 aromatic heterocycles. The van der Waals surface area contributed by atoms with Crippen LogP contribution in [0.15, 0.2) is 54.6 Å². The Labute approximate surface area is 132 Å². The molecule has 0 saturated heterocycles. The van der Waals surface area contributed by atoms with Crippen molar-refractivity contribution < 1.29 is 0 Å². The fraction of sp³-hybridized carbons (Fsp3) is 0.278. The maximum Gasteiger partial charge on any atom is 0.173 e. The molecule has 0 atom stereocenters. The Balaban J connectivity index is 1.93. The highest BCUT2D eigenvalue weighted by Gasteiger charge is 2.11. The highest BCUT2D eigenvalue weighted by molar-refractivity contribution is 7.80. The largest absolute Gasteiger partial charge is 0.362 e. The van der Waals surface area contributed by atoms with E-state index in [0.29, 0.717) is 0 Å². The van der Waals surface area contributed by atoms with Crippen molar-refractivity contribution in [1.29, 1.82) is 0 Å². The normalized spacial score (nSPS) is 10.2. The Morgan fingerprint density at radius 1 is 1.05 bits per heavy atom. The van der Waals surface area contributed by atoms with Crippen LogP contribution in [0.4, 0.5) is 5.69 Å². The summed E-state index contributed by atoms with van der Waals surface area (Å²) >= 11 is 5.55. The zero-order valence-corrected chi connectivity index (χ0v) is 13.5. The molecule has 0 aliphatic heterocycles. The van der Waals surface area contributed by atoms with Gasteiger partial charge in [-0.3, -0.25) is 0 Å². The van der Waals surface area contributed by atoms with Gasteiger partial charge in [-0.05, 0) is 49.7 Å². The molecule has 0 amide bonds. The van der Waals surface area contributed by atoms with Crippen molar-refractivity contribution in [2.45, 2.75) is 20.3 Å². The summed E-state index contributed by atoms with van der Waals surface area (Å²) in [6.45, 7) is 5.95. The summed E-state index contributed by atoms with van der Waals surface area (Å²) in [6, 6.07) is 18.8. The van der Waals surface area contributed by atoms with Gasteiger partial charge in [-0.25, -0.2) is 0 Å². The lowest BCUT2D eigenvalue weighted by atomic mass is 10.1. The number of anilines is 1. The Kier molecular flexibility index (Phi) is 5.76. The zero-order valence-electron chi connectivity index (χ0n) is 12.7. The first kappa shape index (κ1) is 15.5. The number of aryl methyl sites for hydroxylation is 1. The summed E-state index contributed by atoms with van der Waals surface area (Å²) in [4.78, 5) is 2.15. The van der Waals surface area contributed by atoms with Gasteiger partial charge in [0.25, 0.3) is 0 Å². The fourth-order valence-electron chi connectivity index (χ4n) is 2.34. The summed E-state index contributed by atoms with van der Waals surface area (Å²) in [5.41, 5.74) is 3.75. The predicted molar refractivity (Wildman–Crippen MR) is 94.9 cm³/mol. The molecular formula is C18H22N2S. The minimum Gasteiger partial charge on any atom is -0.362 e. The van der Waals surface area contributed by atoms with Crippen LogP contribution in [-0.4, -0.2) is 18.2 Å². The maximum atomic E-state index is 5.55. The number of hydrogen-bond donors (Lipinski definition) is 1. The van der Waals surface area contributed by atoms with Gasteiger partial charge in [0.1, 0.15) is 0 Å². The molecular weight excluding hydrogens is 276 g/mol. The number of hydrogen-bond acceptors (Lipinski definition) is 1. The quantitative estimate of drug-likeness (QED) is 0.842. The van der Waals surface area contributed by atoms with Gasteiger partial charge in [0, 0.05) is 18.8 Å². The first-order chi connectivity index (χ1) is 10.2. The van der Waals surface area contributed by atoms with Crippen molar-refractivity contribution in [2.75, 3.05) is 18.0 Å². The number of para-hydroxylation sites is 1. The van der Waals surface area contributed by atoms with Gasteiger partial charge in [0.15, 0.2) is 5.11 Å². The van der Waals surface area contributed by atoms with E-state index in [9.17, 15) is 0 Å². The molecule has 0 aliphatic carbocycles. The average Bonchev–Trinajstić information content (AvgIpc) is 2.51. The summed E-state index contributed by atoms with van der Waals surface area (Å²) in [5.74, 6) is 0. The van der Waals surface area contributed by atoms with Crippen molar-refractivity contribution in [3.05, 3.63) is 65.7 Å². The van der Waals surface area contributed by atoms with Gasteiger partial charge in [-0.15, -0.1) is 0 Å². The second-order valence-corrected chi connectivity index (χ2v) is 5.38. The summed E-state index contributed by atoms with van der Waals surface area (Å²) in [6.07, 6.45) is 0.978. The Bertz CT molecular complexity index is 581. The highest BCUT2D eigenvalue weighted by Crippen LogP contribution is 2.19. The molecule has 2 aromatic carbocycles. The number of thiocarbonyl (C=S) groups is 1. The van der Waals surface area contributed by atoms with Crippen LogP contribution in [0, 0.1) is 6.92 Å². The molecule has 0 bridgehead atoms. The van der Waals surface area contributed by atoms with Crippen LogP contribution in [-0.2, 0) is 6.42 Å². The van der Waals surface area contributed by atoms with Crippen LogP contribution >= 0.6 is 12.2 Å². The number of nitrogens with one attached hydrogen (secondary N) is 1. The molecule has 3 heteroatoms. The van der Waals surface area contributed by atoms with Gasteiger partial charge >= 0.3 is 0 Å². The van der Waals surface area contributed by atoms with E-state index in [1.54, 1.807) is 0 Å². The van der Waals surface area contributed by atoms with Crippen molar-refractivity contribution in [2.24, 2.45) is 0 Å². The summed E-state index contributed by atoms with van der Waals surface area (Å²) < 4.78 is 0. The molecule has 1 N–H and O–H groups in total. The molecule has 21 heavy (non-hydrogen) atoms. The molecule has 0 unspecified atom stereocenters. The van der Waals surface area contributed by atoms with E-state index >= 15 is 0 Å². The Hall–Kier alpha value is -1.87. The van der Waals surface area contributed by atoms with Crippen LogP contribution in [0.25, 0.3) is 0 Å². The SMILES string of the molecule is CCN(C(=S)NCCc1ccccc1)c1ccccc1C. The van der Waals surface area contributed by atoms with Crippen LogP contribution in [0.5, 0.6) is 0 Å². The molecule has 0 fully saturated rings. The van der Waals surface area contributed by atoms with Gasteiger partial charge < -0.3 is 10.2 Å². The van der Waals surface area contributed by atoms with E-state index in [1.165, 1.54) is 16.8 Å². The van der Waals surface area contributed by atoms with E-state index in [4.69, 9.17) is 12.2 Å². The van der Waals surface area contributed by atoms with E-state index in [-0.39, 0.29) is 0 Å². The molecule has 0 radical (unpaired) electrons. The van der Waals surface area contributed by atoms with Gasteiger partial charge in [-0.1, -0.05) is 48.5 Å². The minimum absolute atomic E-state index is 0.794. The first-order valence-corrected chi connectivity index (χ1v) is 7.78. The van der Waals surface area contributed by atoms with Crippen LogP contribution in [0.3, 0.4) is 0 Å². The number of benzene rings is 2. The fourth-order valence-corrected chi connectivity index (χ4v) is 2.67. The van der Waals surface area contributed by atoms with Crippen molar-refractivity contribution in [3.8, 4) is 0 Å². The molecule has 0 saturated carbocycles. The standard InChI is InChI=1S/C18H22N2S/c1-3-20(17-12-8-7-9-15(17)2)18(21)19-14-13-16-10-5-4-6-11-16/h4-12H,3,13-14H2,1-2H3,(H,19,21). The average molecular weight is 298 g/mol. The van der Waals surface area contributed by atoms with Crippen LogP contribution in [0.2, 0.25) is 0 Å². The lowest BCUT2D eigenvalue weighted by molar-refractivity contribution is 0.851. The van der Waals surface area contributed by atoms with E-state index < -0.39 is 0 Å². The Morgan fingerprint density at radius 2 is 1.71 bits per heavy atom. The van der Waals surface area contributed by atoms with Gasteiger partial charge in [0.2, 0.25) is 0 Å². The minimum atomic E-state index is 0.794. The maximum absolute atomic E-state index is 5.55. The van der Waals surface area contributed by atoms with Gasteiger partial charge in [0.05, 0.1) is 0 Å². The lowest BCUT2D eigenvalue weighted by Crippen LogP contribution is -2.40. The van der Waals surface area contributed by atoms with Crippen molar-refractivity contribution >= 4 is 23.0 Å². The molecule has 0 aliphatic rings. The predicted octanol–water partition coefficient (Wildman–Crippen LogP) is 3.94. The second-order valence-electron chi connectivity index (χ2n) is 5.00. The van der Waals surface area contributed by atoms with Crippen LogP contribution < -0.4 is 10.2 Å². The topological polar surface area (TPSA) is 15.3 Å². The highest BCUT2D eigenvalue weighted by atomic mass is 32.1. The smallest absolute Gasteiger partial charge is 0.173 e. The molecule has 0 spiro atoms. The second kappa shape index (κ2) is 7.79. The van der Waals surface area contributed by atoms with E-state index in [1.807, 2.05) is 6.07 Å². The third-order valence-electron chi connectivity index (χ3n) is 3.50. The first-order valence-electron chi connectivity index (χ1n) is 7.37. The molecule has 110 valence electrons. The third-order valence-corrected chi connectivity index (χ3v) is 3.87. The van der Waals surface area contributed by atoms with E-state index in [0.717, 1.165) is 24.6 Å². The number of nitrogens with zero attached hydrogens (tertiary/aromatic N) is 1. The molecule has 2 rings (SSSR count). The van der Waals surface area contributed by atoms with Crippen molar-refractivity contribution in [1.82, 2.24) is 5.32 Å². The molecule has 2 aromatic rings. The zero-order chi connectivity index (χ0) is 15.1. The van der Waals surface area contributed by atoms with Gasteiger partial charge in [-0.2, -0.15) is 0 Å². The number of rotatable bonds is 5. The summed E-state index contributed by atoms with van der Waals surface area (Å²) in [5, 5.41) is 4.16. The summed E-state index contributed by atoms with van der Waals surface area (Å²) in [7, 11) is 0. The lowest BCUT2D eigenvalue weighted by Gasteiger charge is -2.26. The molecule has 0 heterocycles. The third kappa shape index (κ3) is 4.30. The molecule has 2 nitrogen and oxygen atoms in total. The van der Waals surface area contributed by atoms with E-state index in [2.05, 4.69) is 72.6 Å².